The Labute approximate surface area is 93.4 Å². The van der Waals surface area contributed by atoms with Crippen molar-refractivity contribution in [1.82, 2.24) is 10.2 Å². The number of rotatable bonds is 2. The Hall–Kier alpha value is -1.72. The molecule has 86 valence electrons. The van der Waals surface area contributed by atoms with E-state index in [1.807, 2.05) is 13.8 Å². The maximum atomic E-state index is 11.8. The quantitative estimate of drug-likeness (QED) is 0.734. The predicted molar refractivity (Wildman–Crippen MR) is 59.4 cm³/mol. The SMILES string of the molecule is CC(C)CN1C(=O)NC(=O)C2=NC=NC21C. The molecular weight excluding hydrogens is 208 g/mol. The van der Waals surface area contributed by atoms with E-state index in [2.05, 4.69) is 15.3 Å². The van der Waals surface area contributed by atoms with E-state index >= 15 is 0 Å². The molecule has 0 aromatic heterocycles. The van der Waals surface area contributed by atoms with Crippen LogP contribution in [-0.2, 0) is 4.79 Å². The normalized spacial score (nSPS) is 28.2. The van der Waals surface area contributed by atoms with E-state index in [-0.39, 0.29) is 5.71 Å². The molecule has 0 aromatic carbocycles. The van der Waals surface area contributed by atoms with Crippen molar-refractivity contribution < 1.29 is 9.59 Å². The number of carbonyl (C=O) groups excluding carboxylic acids is 2. The molecule has 3 amide bonds. The number of hydrogen-bond donors (Lipinski definition) is 1. The lowest BCUT2D eigenvalue weighted by Crippen LogP contribution is -2.66. The van der Waals surface area contributed by atoms with E-state index in [0.717, 1.165) is 0 Å². The Balaban J connectivity index is 2.37. The van der Waals surface area contributed by atoms with Crippen molar-refractivity contribution in [2.24, 2.45) is 15.9 Å². The summed E-state index contributed by atoms with van der Waals surface area (Å²) in [7, 11) is 0. The van der Waals surface area contributed by atoms with Crippen LogP contribution >= 0.6 is 0 Å². The molecule has 0 spiro atoms. The second kappa shape index (κ2) is 3.40. The molecule has 2 aliphatic rings. The van der Waals surface area contributed by atoms with Crippen molar-refractivity contribution in [1.29, 1.82) is 0 Å². The molecule has 2 aliphatic heterocycles. The highest BCUT2D eigenvalue weighted by Crippen LogP contribution is 2.26. The van der Waals surface area contributed by atoms with Gasteiger partial charge >= 0.3 is 6.03 Å². The average Bonchev–Trinajstić information content (AvgIpc) is 2.56. The number of nitrogens with one attached hydrogen (secondary N) is 1. The highest BCUT2D eigenvalue weighted by molar-refractivity contribution is 6.48. The van der Waals surface area contributed by atoms with Crippen molar-refractivity contribution in [3.63, 3.8) is 0 Å². The van der Waals surface area contributed by atoms with E-state index in [1.54, 1.807) is 11.8 Å². The van der Waals surface area contributed by atoms with Gasteiger partial charge in [0.2, 0.25) is 0 Å². The molecular formula is C10H14N4O2. The van der Waals surface area contributed by atoms with Gasteiger partial charge in [0.15, 0.2) is 11.4 Å². The van der Waals surface area contributed by atoms with Gasteiger partial charge in [-0.25, -0.2) is 14.8 Å². The Kier molecular flexibility index (Phi) is 2.29. The number of imide groups is 1. The minimum Gasteiger partial charge on any atom is -0.294 e. The first kappa shape index (κ1) is 10.8. The smallest absolute Gasteiger partial charge is 0.294 e. The van der Waals surface area contributed by atoms with Crippen LogP contribution in [0.15, 0.2) is 9.98 Å². The highest BCUT2D eigenvalue weighted by atomic mass is 16.2. The fourth-order valence-electron chi connectivity index (χ4n) is 1.90. The maximum absolute atomic E-state index is 11.8. The Morgan fingerprint density at radius 1 is 1.50 bits per heavy atom. The number of hydrogen-bond acceptors (Lipinski definition) is 4. The molecule has 2 rings (SSSR count). The van der Waals surface area contributed by atoms with Crippen LogP contribution < -0.4 is 5.32 Å². The molecule has 0 aromatic rings. The molecule has 0 bridgehead atoms. The van der Waals surface area contributed by atoms with Crippen molar-refractivity contribution in [3.05, 3.63) is 0 Å². The lowest BCUT2D eigenvalue weighted by Gasteiger charge is -2.40. The maximum Gasteiger partial charge on any atom is 0.326 e. The molecule has 6 heteroatoms. The second-order valence-corrected chi connectivity index (χ2v) is 4.51. The minimum absolute atomic E-state index is 0.285. The molecule has 2 heterocycles. The van der Waals surface area contributed by atoms with Crippen LogP contribution in [0.1, 0.15) is 20.8 Å². The summed E-state index contributed by atoms with van der Waals surface area (Å²) < 4.78 is 0. The summed E-state index contributed by atoms with van der Waals surface area (Å²) in [5, 5.41) is 2.27. The molecule has 6 nitrogen and oxygen atoms in total. The fraction of sp³-hybridized carbons (Fsp3) is 0.600. The van der Waals surface area contributed by atoms with Crippen molar-refractivity contribution in [3.8, 4) is 0 Å². The predicted octanol–water partition coefficient (Wildman–Crippen LogP) is 0.393. The average molecular weight is 222 g/mol. The van der Waals surface area contributed by atoms with Gasteiger partial charge in [0, 0.05) is 6.54 Å². The van der Waals surface area contributed by atoms with Crippen LogP contribution in [0.5, 0.6) is 0 Å². The molecule has 16 heavy (non-hydrogen) atoms. The van der Waals surface area contributed by atoms with Crippen LogP contribution in [-0.4, -0.2) is 41.1 Å². The number of urea groups is 1. The van der Waals surface area contributed by atoms with Gasteiger partial charge in [-0.05, 0) is 12.8 Å². The molecule has 1 atom stereocenters. The third-order valence-electron chi connectivity index (χ3n) is 2.70. The van der Waals surface area contributed by atoms with Crippen molar-refractivity contribution in [2.45, 2.75) is 26.4 Å². The first-order chi connectivity index (χ1) is 7.45. The summed E-state index contributed by atoms with van der Waals surface area (Å²) in [4.78, 5) is 32.9. The Bertz CT molecular complexity index is 413. The van der Waals surface area contributed by atoms with Gasteiger partial charge in [-0.2, -0.15) is 0 Å². The zero-order chi connectivity index (χ0) is 11.9. The summed E-state index contributed by atoms with van der Waals surface area (Å²) >= 11 is 0. The van der Waals surface area contributed by atoms with E-state index in [9.17, 15) is 9.59 Å². The Morgan fingerprint density at radius 3 is 2.81 bits per heavy atom. The lowest BCUT2D eigenvalue weighted by atomic mass is 10.0. The van der Waals surface area contributed by atoms with Gasteiger partial charge in [0.1, 0.15) is 6.34 Å². The minimum atomic E-state index is -0.927. The van der Waals surface area contributed by atoms with E-state index in [0.29, 0.717) is 12.5 Å². The number of nitrogens with zero attached hydrogens (tertiary/aromatic N) is 3. The number of amides is 3. The summed E-state index contributed by atoms with van der Waals surface area (Å²) in [6.07, 6.45) is 1.33. The first-order valence-electron chi connectivity index (χ1n) is 5.20. The molecule has 0 aliphatic carbocycles. The zero-order valence-electron chi connectivity index (χ0n) is 9.52. The standard InChI is InChI=1S/C10H14N4O2/c1-6(2)4-14-9(16)13-8(15)7-10(14,3)12-5-11-7/h5-6H,4H2,1-3H3,(H,13,15,16). The van der Waals surface area contributed by atoms with Crippen LogP contribution in [0, 0.1) is 5.92 Å². The molecule has 1 unspecified atom stereocenters. The van der Waals surface area contributed by atoms with Crippen LogP contribution in [0.4, 0.5) is 4.79 Å². The number of carbonyl (C=O) groups is 2. The van der Waals surface area contributed by atoms with Crippen LogP contribution in [0.25, 0.3) is 0 Å². The van der Waals surface area contributed by atoms with Gasteiger partial charge in [0.05, 0.1) is 0 Å². The molecule has 1 N–H and O–H groups in total. The topological polar surface area (TPSA) is 74.1 Å². The third kappa shape index (κ3) is 1.41. The molecule has 0 saturated carbocycles. The molecule has 1 saturated heterocycles. The molecule has 1 fully saturated rings. The number of fused-ring (bicyclic) bond motifs is 1. The number of aliphatic imine (C=N–C) groups is 2. The lowest BCUT2D eigenvalue weighted by molar-refractivity contribution is -0.115. The summed E-state index contributed by atoms with van der Waals surface area (Å²) in [5.74, 6) is -0.155. The van der Waals surface area contributed by atoms with Crippen LogP contribution in [0.2, 0.25) is 0 Å². The largest absolute Gasteiger partial charge is 0.326 e. The summed E-state index contributed by atoms with van der Waals surface area (Å²) in [6, 6.07) is -0.404. The van der Waals surface area contributed by atoms with Crippen LogP contribution in [0.3, 0.4) is 0 Å². The van der Waals surface area contributed by atoms with E-state index in [4.69, 9.17) is 0 Å². The highest BCUT2D eigenvalue weighted by Gasteiger charge is 2.49. The van der Waals surface area contributed by atoms with E-state index < -0.39 is 17.6 Å². The first-order valence-corrected chi connectivity index (χ1v) is 5.20. The van der Waals surface area contributed by atoms with Gasteiger partial charge < -0.3 is 0 Å². The third-order valence-corrected chi connectivity index (χ3v) is 2.70. The van der Waals surface area contributed by atoms with Crippen molar-refractivity contribution >= 4 is 24.0 Å². The van der Waals surface area contributed by atoms with Crippen molar-refractivity contribution in [2.75, 3.05) is 6.54 Å². The second-order valence-electron chi connectivity index (χ2n) is 4.51. The Morgan fingerprint density at radius 2 is 2.19 bits per heavy atom. The zero-order valence-corrected chi connectivity index (χ0v) is 9.52. The summed E-state index contributed by atoms with van der Waals surface area (Å²) in [5.41, 5.74) is -0.642. The molecule has 0 radical (unpaired) electrons. The fourth-order valence-corrected chi connectivity index (χ4v) is 1.90. The van der Waals surface area contributed by atoms with Gasteiger partial charge in [0.25, 0.3) is 5.91 Å². The van der Waals surface area contributed by atoms with Gasteiger partial charge in [-0.15, -0.1) is 0 Å². The van der Waals surface area contributed by atoms with Gasteiger partial charge in [-0.3, -0.25) is 15.0 Å². The monoisotopic (exact) mass is 222 g/mol. The van der Waals surface area contributed by atoms with Gasteiger partial charge in [-0.1, -0.05) is 13.8 Å². The summed E-state index contributed by atoms with van der Waals surface area (Å²) in [6.45, 7) is 6.27. The van der Waals surface area contributed by atoms with E-state index in [1.165, 1.54) is 6.34 Å².